The Labute approximate surface area is 129 Å². The Morgan fingerprint density at radius 2 is 2.05 bits per heavy atom. The van der Waals surface area contributed by atoms with Gasteiger partial charge >= 0.3 is 5.97 Å². The molecular formula is C17H32N2O2. The second-order valence-electron chi connectivity index (χ2n) is 7.07. The van der Waals surface area contributed by atoms with E-state index in [4.69, 9.17) is 4.74 Å². The van der Waals surface area contributed by atoms with E-state index in [1.54, 1.807) is 0 Å². The highest BCUT2D eigenvalue weighted by Gasteiger charge is 2.39. The van der Waals surface area contributed by atoms with Gasteiger partial charge in [0.1, 0.15) is 5.54 Å². The second-order valence-corrected chi connectivity index (χ2v) is 7.07. The molecule has 21 heavy (non-hydrogen) atoms. The van der Waals surface area contributed by atoms with Gasteiger partial charge in [-0.3, -0.25) is 15.0 Å². The minimum atomic E-state index is -0.513. The second kappa shape index (κ2) is 7.10. The Kier molecular flexibility index (Phi) is 5.67. The number of hydrogen-bond donors (Lipinski definition) is 1. The van der Waals surface area contributed by atoms with Crippen LogP contribution in [0, 0.1) is 0 Å². The zero-order valence-corrected chi connectivity index (χ0v) is 14.2. The topological polar surface area (TPSA) is 41.6 Å². The van der Waals surface area contributed by atoms with Crippen LogP contribution in [-0.2, 0) is 9.53 Å². The molecule has 4 nitrogen and oxygen atoms in total. The zero-order chi connectivity index (χ0) is 15.5. The molecule has 4 heteroatoms. The van der Waals surface area contributed by atoms with Crippen LogP contribution in [0.15, 0.2) is 0 Å². The largest absolute Gasteiger partial charge is 0.468 e. The van der Waals surface area contributed by atoms with Crippen molar-refractivity contribution >= 4 is 5.97 Å². The van der Waals surface area contributed by atoms with Crippen LogP contribution in [0.2, 0.25) is 0 Å². The summed E-state index contributed by atoms with van der Waals surface area (Å²) in [6.45, 7) is 7.71. The van der Waals surface area contributed by atoms with Gasteiger partial charge in [0.25, 0.3) is 0 Å². The number of methoxy groups -OCH3 is 1. The van der Waals surface area contributed by atoms with Crippen LogP contribution in [-0.4, -0.2) is 48.2 Å². The first kappa shape index (κ1) is 16.8. The van der Waals surface area contributed by atoms with Gasteiger partial charge in [-0.1, -0.05) is 6.92 Å². The normalized spacial score (nSPS) is 29.3. The molecule has 1 saturated heterocycles. The van der Waals surface area contributed by atoms with Gasteiger partial charge in [-0.25, -0.2) is 0 Å². The molecule has 1 saturated carbocycles. The Morgan fingerprint density at radius 3 is 2.62 bits per heavy atom. The number of nitrogens with zero attached hydrogens (tertiary/aromatic N) is 1. The SMILES string of the molecule is CCC1CCC(C)N1CCCC(C)(NC1CC1)C(=O)OC. The van der Waals surface area contributed by atoms with Crippen molar-refractivity contribution in [3.05, 3.63) is 0 Å². The number of hydrogen-bond acceptors (Lipinski definition) is 4. The quantitative estimate of drug-likeness (QED) is 0.699. The average Bonchev–Trinajstić information content (AvgIpc) is 3.21. The highest BCUT2D eigenvalue weighted by Crippen LogP contribution is 2.28. The fraction of sp³-hybridized carbons (Fsp3) is 0.941. The molecule has 1 aliphatic carbocycles. The van der Waals surface area contributed by atoms with Crippen molar-refractivity contribution in [1.29, 1.82) is 0 Å². The van der Waals surface area contributed by atoms with Gasteiger partial charge in [-0.05, 0) is 65.3 Å². The Balaban J connectivity index is 1.85. The predicted octanol–water partition coefficient (Wildman–Crippen LogP) is 2.71. The summed E-state index contributed by atoms with van der Waals surface area (Å²) in [5, 5.41) is 3.49. The average molecular weight is 296 g/mol. The molecule has 2 rings (SSSR count). The molecule has 1 heterocycles. The van der Waals surface area contributed by atoms with E-state index in [1.807, 2.05) is 6.92 Å². The van der Waals surface area contributed by atoms with Gasteiger partial charge in [0.15, 0.2) is 0 Å². The van der Waals surface area contributed by atoms with Crippen LogP contribution in [0.1, 0.15) is 65.7 Å². The number of nitrogens with one attached hydrogen (secondary N) is 1. The van der Waals surface area contributed by atoms with E-state index in [0.717, 1.165) is 25.4 Å². The van der Waals surface area contributed by atoms with E-state index in [0.29, 0.717) is 12.1 Å². The van der Waals surface area contributed by atoms with Crippen molar-refractivity contribution < 1.29 is 9.53 Å². The number of rotatable bonds is 8. The summed E-state index contributed by atoms with van der Waals surface area (Å²) in [6, 6.07) is 1.94. The van der Waals surface area contributed by atoms with E-state index in [9.17, 15) is 4.79 Å². The molecular weight excluding hydrogens is 264 g/mol. The van der Waals surface area contributed by atoms with E-state index in [1.165, 1.54) is 39.2 Å². The van der Waals surface area contributed by atoms with E-state index in [-0.39, 0.29) is 5.97 Å². The van der Waals surface area contributed by atoms with E-state index in [2.05, 4.69) is 24.1 Å². The summed E-state index contributed by atoms with van der Waals surface area (Å²) >= 11 is 0. The molecule has 2 fully saturated rings. The first-order chi connectivity index (χ1) is 10.00. The van der Waals surface area contributed by atoms with Crippen LogP contribution in [0.3, 0.4) is 0 Å². The lowest BCUT2D eigenvalue weighted by Crippen LogP contribution is -2.51. The third kappa shape index (κ3) is 4.19. The Bertz CT molecular complexity index is 357. The first-order valence-electron chi connectivity index (χ1n) is 8.62. The molecule has 0 bridgehead atoms. The van der Waals surface area contributed by atoms with Crippen LogP contribution in [0.5, 0.6) is 0 Å². The lowest BCUT2D eigenvalue weighted by atomic mass is 9.95. The van der Waals surface area contributed by atoms with Gasteiger partial charge < -0.3 is 4.74 Å². The molecule has 122 valence electrons. The number of carbonyl (C=O) groups is 1. The van der Waals surface area contributed by atoms with Gasteiger partial charge in [-0.2, -0.15) is 0 Å². The van der Waals surface area contributed by atoms with Crippen molar-refractivity contribution in [3.63, 3.8) is 0 Å². The van der Waals surface area contributed by atoms with E-state index < -0.39 is 5.54 Å². The lowest BCUT2D eigenvalue weighted by Gasteiger charge is -2.31. The third-order valence-electron chi connectivity index (χ3n) is 5.25. The molecule has 1 N–H and O–H groups in total. The number of ether oxygens (including phenoxy) is 1. The van der Waals surface area contributed by atoms with Gasteiger partial charge in [-0.15, -0.1) is 0 Å². The van der Waals surface area contributed by atoms with Crippen LogP contribution in [0.25, 0.3) is 0 Å². The summed E-state index contributed by atoms with van der Waals surface area (Å²) in [5.74, 6) is -0.115. The van der Waals surface area contributed by atoms with Gasteiger partial charge in [0.05, 0.1) is 7.11 Å². The monoisotopic (exact) mass is 296 g/mol. The molecule has 0 aromatic carbocycles. The highest BCUT2D eigenvalue weighted by molar-refractivity contribution is 5.80. The molecule has 0 amide bonds. The van der Waals surface area contributed by atoms with Crippen molar-refractivity contribution in [2.24, 2.45) is 0 Å². The van der Waals surface area contributed by atoms with Crippen molar-refractivity contribution in [3.8, 4) is 0 Å². The molecule has 0 aromatic rings. The Morgan fingerprint density at radius 1 is 1.33 bits per heavy atom. The van der Waals surface area contributed by atoms with Crippen LogP contribution < -0.4 is 5.32 Å². The standard InChI is InChI=1S/C17H32N2O2/c1-5-15-10-7-13(2)19(15)12-6-11-17(3,16(20)21-4)18-14-8-9-14/h13-15,18H,5-12H2,1-4H3. The minimum Gasteiger partial charge on any atom is -0.468 e. The molecule has 2 aliphatic rings. The zero-order valence-electron chi connectivity index (χ0n) is 14.2. The minimum absolute atomic E-state index is 0.115. The molecule has 0 spiro atoms. The summed E-state index contributed by atoms with van der Waals surface area (Å²) in [6.07, 6.45) is 8.15. The summed E-state index contributed by atoms with van der Waals surface area (Å²) in [4.78, 5) is 14.7. The van der Waals surface area contributed by atoms with Crippen molar-refractivity contribution in [2.75, 3.05) is 13.7 Å². The number of likely N-dealkylation sites (tertiary alicyclic amines) is 1. The number of carbonyl (C=O) groups excluding carboxylic acids is 1. The van der Waals surface area contributed by atoms with Crippen molar-refractivity contribution in [1.82, 2.24) is 10.2 Å². The fourth-order valence-electron chi connectivity index (χ4n) is 3.72. The number of esters is 1. The first-order valence-corrected chi connectivity index (χ1v) is 8.62. The predicted molar refractivity (Wildman–Crippen MR) is 85.3 cm³/mol. The van der Waals surface area contributed by atoms with Gasteiger partial charge in [0, 0.05) is 18.1 Å². The highest BCUT2D eigenvalue weighted by atomic mass is 16.5. The lowest BCUT2D eigenvalue weighted by molar-refractivity contribution is -0.148. The van der Waals surface area contributed by atoms with Crippen LogP contribution in [0.4, 0.5) is 0 Å². The molecule has 1 aliphatic heterocycles. The van der Waals surface area contributed by atoms with Crippen molar-refractivity contribution in [2.45, 2.75) is 89.4 Å². The smallest absolute Gasteiger partial charge is 0.325 e. The van der Waals surface area contributed by atoms with Gasteiger partial charge in [0.2, 0.25) is 0 Å². The summed E-state index contributed by atoms with van der Waals surface area (Å²) in [5.41, 5.74) is -0.513. The molecule has 3 atom stereocenters. The fourth-order valence-corrected chi connectivity index (χ4v) is 3.72. The maximum absolute atomic E-state index is 12.1. The maximum Gasteiger partial charge on any atom is 0.325 e. The summed E-state index contributed by atoms with van der Waals surface area (Å²) in [7, 11) is 1.49. The molecule has 0 radical (unpaired) electrons. The third-order valence-corrected chi connectivity index (χ3v) is 5.25. The van der Waals surface area contributed by atoms with Crippen LogP contribution >= 0.6 is 0 Å². The molecule has 0 aromatic heterocycles. The molecule has 3 unspecified atom stereocenters. The van der Waals surface area contributed by atoms with E-state index >= 15 is 0 Å². The summed E-state index contributed by atoms with van der Waals surface area (Å²) < 4.78 is 5.01. The Hall–Kier alpha value is -0.610. The maximum atomic E-state index is 12.1.